The Balaban J connectivity index is 1.75. The number of hydrogen-bond acceptors (Lipinski definition) is 6. The van der Waals surface area contributed by atoms with E-state index in [0.29, 0.717) is 22.5 Å². The highest BCUT2D eigenvalue weighted by Gasteiger charge is 2.17. The van der Waals surface area contributed by atoms with E-state index in [9.17, 15) is 8.42 Å². The number of anilines is 1. The van der Waals surface area contributed by atoms with E-state index < -0.39 is 10.0 Å². The first kappa shape index (κ1) is 17.9. The lowest BCUT2D eigenvalue weighted by Gasteiger charge is -2.10. The molecule has 8 nitrogen and oxygen atoms in total. The smallest absolute Gasteiger partial charge is 0.263 e. The number of sulfonamides is 1. The molecule has 28 heavy (non-hydrogen) atoms. The summed E-state index contributed by atoms with van der Waals surface area (Å²) in [6, 6.07) is 6.22. The third-order valence-corrected chi connectivity index (χ3v) is 5.50. The van der Waals surface area contributed by atoms with Crippen LogP contribution in [0.4, 0.5) is 5.69 Å². The Kier molecular flexibility index (Phi) is 4.43. The number of pyridine rings is 2. The molecule has 1 N–H and O–H groups in total. The zero-order valence-electron chi connectivity index (χ0n) is 14.1. The van der Waals surface area contributed by atoms with Crippen molar-refractivity contribution in [3.05, 3.63) is 66.0 Å². The van der Waals surface area contributed by atoms with Crippen LogP contribution in [0.5, 0.6) is 0 Å². The topological polar surface area (TPSA) is 102 Å². The van der Waals surface area contributed by atoms with E-state index in [2.05, 4.69) is 30.7 Å². The van der Waals surface area contributed by atoms with Crippen LogP contribution in [0.2, 0.25) is 5.15 Å². The van der Waals surface area contributed by atoms with Gasteiger partial charge in [0.2, 0.25) is 0 Å². The zero-order valence-corrected chi connectivity index (χ0v) is 15.7. The van der Waals surface area contributed by atoms with E-state index in [1.807, 2.05) is 0 Å². The summed E-state index contributed by atoms with van der Waals surface area (Å²) in [6.45, 7) is 0. The van der Waals surface area contributed by atoms with Gasteiger partial charge in [0.25, 0.3) is 10.0 Å². The molecule has 0 fully saturated rings. The average molecular weight is 411 g/mol. The van der Waals surface area contributed by atoms with Crippen molar-refractivity contribution in [3.8, 4) is 23.6 Å². The van der Waals surface area contributed by atoms with Gasteiger partial charge in [0.15, 0.2) is 10.8 Å². The first-order chi connectivity index (χ1) is 13.5. The van der Waals surface area contributed by atoms with Gasteiger partial charge >= 0.3 is 0 Å². The Morgan fingerprint density at radius 2 is 2.07 bits per heavy atom. The summed E-state index contributed by atoms with van der Waals surface area (Å²) >= 11 is 6.09. The molecule has 0 unspecified atom stereocenters. The number of nitrogens with one attached hydrogen (secondary N) is 1. The van der Waals surface area contributed by atoms with Crippen LogP contribution in [0.1, 0.15) is 5.56 Å². The van der Waals surface area contributed by atoms with Crippen LogP contribution >= 0.6 is 11.6 Å². The number of fused-ring (bicyclic) bond motifs is 1. The fourth-order valence-corrected chi connectivity index (χ4v) is 3.73. The van der Waals surface area contributed by atoms with Crippen molar-refractivity contribution in [2.24, 2.45) is 0 Å². The highest BCUT2D eigenvalue weighted by Crippen LogP contribution is 2.28. The minimum atomic E-state index is -3.87. The van der Waals surface area contributed by atoms with Gasteiger partial charge in [-0.05, 0) is 24.3 Å². The molecule has 0 aliphatic rings. The normalized spacial score (nSPS) is 11.3. The van der Waals surface area contributed by atoms with Gasteiger partial charge in [-0.2, -0.15) is 5.10 Å². The molecule has 4 rings (SSSR count). The predicted octanol–water partition coefficient (Wildman–Crippen LogP) is 2.62. The molecule has 138 valence electrons. The maximum atomic E-state index is 12.5. The minimum absolute atomic E-state index is 0.00552. The molecule has 4 aromatic rings. The van der Waals surface area contributed by atoms with Crippen molar-refractivity contribution in [3.63, 3.8) is 0 Å². The number of rotatable bonds is 4. The monoisotopic (exact) mass is 410 g/mol. The fourth-order valence-electron chi connectivity index (χ4n) is 2.50. The van der Waals surface area contributed by atoms with Gasteiger partial charge in [-0.3, -0.25) is 9.71 Å². The summed E-state index contributed by atoms with van der Waals surface area (Å²) in [5.74, 6) is 2.52. The zero-order chi connectivity index (χ0) is 19.7. The lowest BCUT2D eigenvalue weighted by atomic mass is 10.2. The van der Waals surface area contributed by atoms with Crippen molar-refractivity contribution in [2.45, 2.75) is 4.90 Å². The second-order valence-electron chi connectivity index (χ2n) is 5.64. The summed E-state index contributed by atoms with van der Waals surface area (Å²) in [6.07, 6.45) is 12.9. The minimum Gasteiger partial charge on any atom is -0.276 e. The molecular formula is C18H11ClN6O2S. The van der Waals surface area contributed by atoms with Crippen LogP contribution in [0, 0.1) is 12.3 Å². The van der Waals surface area contributed by atoms with E-state index in [1.165, 1.54) is 30.7 Å². The van der Waals surface area contributed by atoms with Crippen molar-refractivity contribution in [2.75, 3.05) is 4.72 Å². The van der Waals surface area contributed by atoms with Crippen LogP contribution in [0.3, 0.4) is 0 Å². The molecular weight excluding hydrogens is 400 g/mol. The van der Waals surface area contributed by atoms with Crippen molar-refractivity contribution in [1.82, 2.24) is 24.6 Å². The van der Waals surface area contributed by atoms with Gasteiger partial charge in [-0.25, -0.2) is 22.9 Å². The van der Waals surface area contributed by atoms with E-state index in [4.69, 9.17) is 18.0 Å². The third kappa shape index (κ3) is 3.26. The predicted molar refractivity (Wildman–Crippen MR) is 104 cm³/mol. The van der Waals surface area contributed by atoms with Crippen molar-refractivity contribution in [1.29, 1.82) is 0 Å². The van der Waals surface area contributed by atoms with E-state index in [1.54, 1.807) is 29.0 Å². The molecule has 10 heteroatoms. The lowest BCUT2D eigenvalue weighted by molar-refractivity contribution is 0.601. The highest BCUT2D eigenvalue weighted by atomic mass is 35.5. The van der Waals surface area contributed by atoms with Gasteiger partial charge in [-0.15, -0.1) is 6.42 Å². The molecule has 0 bridgehead atoms. The van der Waals surface area contributed by atoms with Gasteiger partial charge in [-0.1, -0.05) is 17.5 Å². The Hall–Kier alpha value is -3.48. The Labute approximate surface area is 165 Å². The summed E-state index contributed by atoms with van der Waals surface area (Å²) in [4.78, 5) is 12.4. The van der Waals surface area contributed by atoms with Crippen LogP contribution in [-0.4, -0.2) is 33.0 Å². The second kappa shape index (κ2) is 6.92. The van der Waals surface area contributed by atoms with Crippen LogP contribution < -0.4 is 4.72 Å². The first-order valence-electron chi connectivity index (χ1n) is 7.88. The van der Waals surface area contributed by atoms with Crippen LogP contribution in [0.15, 0.2) is 60.1 Å². The first-order valence-corrected chi connectivity index (χ1v) is 9.74. The van der Waals surface area contributed by atoms with E-state index in [0.717, 1.165) is 0 Å². The van der Waals surface area contributed by atoms with Gasteiger partial charge < -0.3 is 0 Å². The molecule has 0 saturated heterocycles. The third-order valence-electron chi connectivity index (χ3n) is 3.85. The van der Waals surface area contributed by atoms with E-state index >= 15 is 0 Å². The second-order valence-corrected chi connectivity index (χ2v) is 7.68. The summed E-state index contributed by atoms with van der Waals surface area (Å²) in [5.41, 5.74) is 2.26. The maximum Gasteiger partial charge on any atom is 0.263 e. The van der Waals surface area contributed by atoms with Gasteiger partial charge in [0.1, 0.15) is 4.90 Å². The summed E-state index contributed by atoms with van der Waals surface area (Å²) in [5, 5.41) is 4.12. The Morgan fingerprint density at radius 3 is 2.82 bits per heavy atom. The summed E-state index contributed by atoms with van der Waals surface area (Å²) < 4.78 is 29.1. The van der Waals surface area contributed by atoms with E-state index in [-0.39, 0.29) is 15.7 Å². The molecule has 4 aromatic heterocycles. The SMILES string of the molecule is C#Cc1cnn2ccc(-c3cnc(Cl)c(NS(=O)(=O)c4cccnc4)c3)nc12. The van der Waals surface area contributed by atoms with Crippen molar-refractivity contribution < 1.29 is 8.42 Å². The largest absolute Gasteiger partial charge is 0.276 e. The molecule has 0 saturated carbocycles. The quantitative estimate of drug-likeness (QED) is 0.410. The number of halogens is 1. The number of hydrogen-bond donors (Lipinski definition) is 1. The van der Waals surface area contributed by atoms with Gasteiger partial charge in [0.05, 0.1) is 23.1 Å². The number of aromatic nitrogens is 5. The molecule has 0 amide bonds. The molecule has 0 aliphatic carbocycles. The number of nitrogens with zero attached hydrogens (tertiary/aromatic N) is 5. The molecule has 0 atom stereocenters. The highest BCUT2D eigenvalue weighted by molar-refractivity contribution is 7.92. The standard InChI is InChI=1S/C18H11ClN6O2S/c1-2-12-10-22-25-7-5-15(23-18(12)25)13-8-16(17(19)21-9-13)24-28(26,27)14-4-3-6-20-11-14/h1,3-11,24H. The summed E-state index contributed by atoms with van der Waals surface area (Å²) in [7, 11) is -3.87. The molecule has 0 aromatic carbocycles. The maximum absolute atomic E-state index is 12.5. The van der Waals surface area contributed by atoms with Gasteiger partial charge in [0, 0.05) is 30.4 Å². The molecule has 4 heterocycles. The Bertz CT molecular complexity index is 1330. The van der Waals surface area contributed by atoms with Crippen LogP contribution in [-0.2, 0) is 10.0 Å². The number of terminal acetylenes is 1. The van der Waals surface area contributed by atoms with Crippen molar-refractivity contribution >= 4 is 33.0 Å². The average Bonchev–Trinajstić information content (AvgIpc) is 3.12. The molecule has 0 aliphatic heterocycles. The lowest BCUT2D eigenvalue weighted by Crippen LogP contribution is -2.13. The fraction of sp³-hybridized carbons (Fsp3) is 0. The molecule has 0 spiro atoms. The molecule has 0 radical (unpaired) electrons. The van der Waals surface area contributed by atoms with Crippen LogP contribution in [0.25, 0.3) is 16.9 Å². The Morgan fingerprint density at radius 1 is 1.21 bits per heavy atom.